The van der Waals surface area contributed by atoms with E-state index in [0.717, 1.165) is 12.8 Å². The van der Waals surface area contributed by atoms with Gasteiger partial charge in [0.2, 0.25) is 5.88 Å². The molecule has 2 aromatic rings. The van der Waals surface area contributed by atoms with Crippen LogP contribution in [0.25, 0.3) is 0 Å². The number of methoxy groups -OCH3 is 2. The summed E-state index contributed by atoms with van der Waals surface area (Å²) in [5.74, 6) is 1.37. The average Bonchev–Trinajstić information content (AvgIpc) is 2.70. The minimum absolute atomic E-state index is 0.135. The third-order valence-electron chi connectivity index (χ3n) is 4.63. The summed E-state index contributed by atoms with van der Waals surface area (Å²) in [6, 6.07) is 3.28. The number of rotatable bonds is 5. The van der Waals surface area contributed by atoms with Crippen LogP contribution in [0.2, 0.25) is 0 Å². The van der Waals surface area contributed by atoms with E-state index in [1.54, 1.807) is 25.1 Å². The molecule has 0 aromatic carbocycles. The number of hydrogen-bond donors (Lipinski definition) is 1. The van der Waals surface area contributed by atoms with Crippen molar-refractivity contribution in [2.24, 2.45) is 7.05 Å². The molecule has 0 bridgehead atoms. The molecule has 1 fully saturated rings. The van der Waals surface area contributed by atoms with Gasteiger partial charge < -0.3 is 24.3 Å². The third kappa shape index (κ3) is 4.18. The number of ether oxygens (including phenoxy) is 2. The lowest BCUT2D eigenvalue weighted by molar-refractivity contribution is 0.0714. The Morgan fingerprint density at radius 3 is 2.59 bits per heavy atom. The van der Waals surface area contributed by atoms with Crippen LogP contribution in [-0.2, 0) is 7.05 Å². The number of nitrogens with one attached hydrogen (secondary N) is 1. The third-order valence-corrected chi connectivity index (χ3v) is 4.63. The number of anilines is 1. The summed E-state index contributed by atoms with van der Waals surface area (Å²) in [4.78, 5) is 34.6. The van der Waals surface area contributed by atoms with Gasteiger partial charge in [-0.05, 0) is 12.8 Å². The molecule has 3 heterocycles. The van der Waals surface area contributed by atoms with Crippen LogP contribution in [0.15, 0.2) is 29.5 Å². The number of likely N-dealkylation sites (tertiary alicyclic amines) is 1. The standard InChI is InChI=1S/C18H23N5O4/c1-22-10-13(14(26-2)8-17(22)24)18(25)23-6-4-12(5-7-23)21-15-9-16(27-3)20-11-19-15/h8-12H,4-7H2,1-3H3,(H,19,20,21). The highest BCUT2D eigenvalue weighted by Gasteiger charge is 2.26. The van der Waals surface area contributed by atoms with Crippen molar-refractivity contribution in [3.05, 3.63) is 40.6 Å². The van der Waals surface area contributed by atoms with Gasteiger partial charge in [0.05, 0.1) is 19.8 Å². The number of amides is 1. The highest BCUT2D eigenvalue weighted by Crippen LogP contribution is 2.22. The molecule has 9 nitrogen and oxygen atoms in total. The number of pyridine rings is 1. The van der Waals surface area contributed by atoms with Crippen LogP contribution >= 0.6 is 0 Å². The van der Waals surface area contributed by atoms with E-state index in [1.165, 1.54) is 30.3 Å². The van der Waals surface area contributed by atoms with Gasteiger partial charge in [-0.3, -0.25) is 9.59 Å². The zero-order chi connectivity index (χ0) is 19.4. The molecule has 0 aliphatic carbocycles. The molecule has 9 heteroatoms. The first-order valence-corrected chi connectivity index (χ1v) is 8.68. The molecule has 0 spiro atoms. The molecule has 1 aliphatic rings. The summed E-state index contributed by atoms with van der Waals surface area (Å²) < 4.78 is 11.7. The van der Waals surface area contributed by atoms with E-state index >= 15 is 0 Å². The highest BCUT2D eigenvalue weighted by molar-refractivity contribution is 5.96. The topological polar surface area (TPSA) is 98.6 Å². The fraction of sp³-hybridized carbons (Fsp3) is 0.444. The van der Waals surface area contributed by atoms with Gasteiger partial charge in [0.1, 0.15) is 17.9 Å². The monoisotopic (exact) mass is 373 g/mol. The van der Waals surface area contributed by atoms with Crippen molar-refractivity contribution in [1.29, 1.82) is 0 Å². The molecular weight excluding hydrogens is 350 g/mol. The number of piperidine rings is 1. The van der Waals surface area contributed by atoms with Gasteiger partial charge in [0.15, 0.2) is 0 Å². The minimum atomic E-state index is -0.216. The Balaban J connectivity index is 1.64. The van der Waals surface area contributed by atoms with Crippen LogP contribution < -0.4 is 20.3 Å². The number of aromatic nitrogens is 3. The minimum Gasteiger partial charge on any atom is -0.496 e. The van der Waals surface area contributed by atoms with Crippen LogP contribution in [0.1, 0.15) is 23.2 Å². The maximum atomic E-state index is 12.9. The van der Waals surface area contributed by atoms with Gasteiger partial charge in [-0.1, -0.05) is 0 Å². The summed E-state index contributed by atoms with van der Waals surface area (Å²) in [6.07, 6.45) is 4.55. The lowest BCUT2D eigenvalue weighted by Crippen LogP contribution is -2.42. The zero-order valence-electron chi connectivity index (χ0n) is 15.6. The second-order valence-electron chi connectivity index (χ2n) is 6.36. The van der Waals surface area contributed by atoms with E-state index in [1.807, 2.05) is 0 Å². The molecule has 0 atom stereocenters. The number of aryl methyl sites for hydroxylation is 1. The van der Waals surface area contributed by atoms with Gasteiger partial charge >= 0.3 is 0 Å². The predicted molar refractivity (Wildman–Crippen MR) is 99.4 cm³/mol. The van der Waals surface area contributed by atoms with Gasteiger partial charge in [-0.15, -0.1) is 0 Å². The molecule has 3 rings (SSSR count). The highest BCUT2D eigenvalue weighted by atomic mass is 16.5. The smallest absolute Gasteiger partial charge is 0.259 e. The van der Waals surface area contributed by atoms with Crippen LogP contribution in [0.4, 0.5) is 5.82 Å². The largest absolute Gasteiger partial charge is 0.496 e. The maximum Gasteiger partial charge on any atom is 0.259 e. The molecule has 1 N–H and O–H groups in total. The fourth-order valence-electron chi connectivity index (χ4n) is 3.08. The zero-order valence-corrected chi connectivity index (χ0v) is 15.6. The van der Waals surface area contributed by atoms with Gasteiger partial charge in [0, 0.05) is 44.5 Å². The predicted octanol–water partition coefficient (Wildman–Crippen LogP) is 0.909. The molecule has 27 heavy (non-hydrogen) atoms. The normalized spacial score (nSPS) is 14.7. The van der Waals surface area contributed by atoms with Crippen molar-refractivity contribution >= 4 is 11.7 Å². The van der Waals surface area contributed by atoms with Crippen LogP contribution in [0.5, 0.6) is 11.6 Å². The van der Waals surface area contributed by atoms with E-state index in [0.29, 0.717) is 36.1 Å². The van der Waals surface area contributed by atoms with E-state index in [4.69, 9.17) is 9.47 Å². The first kappa shape index (κ1) is 18.7. The quantitative estimate of drug-likeness (QED) is 0.832. The van der Waals surface area contributed by atoms with Crippen LogP contribution in [0.3, 0.4) is 0 Å². The molecule has 0 radical (unpaired) electrons. The molecule has 1 amide bonds. The summed E-state index contributed by atoms with van der Waals surface area (Å²) in [7, 11) is 4.63. The summed E-state index contributed by atoms with van der Waals surface area (Å²) >= 11 is 0. The Morgan fingerprint density at radius 1 is 1.19 bits per heavy atom. The number of hydrogen-bond acceptors (Lipinski definition) is 7. The molecule has 0 saturated carbocycles. The molecule has 2 aromatic heterocycles. The Hall–Kier alpha value is -3.10. The summed E-state index contributed by atoms with van der Waals surface area (Å²) in [5, 5.41) is 3.35. The van der Waals surface area contributed by atoms with E-state index in [9.17, 15) is 9.59 Å². The van der Waals surface area contributed by atoms with Gasteiger partial charge in [-0.2, -0.15) is 0 Å². The molecular formula is C18H23N5O4. The molecule has 144 valence electrons. The first-order chi connectivity index (χ1) is 13.0. The maximum absolute atomic E-state index is 12.9. The van der Waals surface area contributed by atoms with Crippen molar-refractivity contribution in [2.45, 2.75) is 18.9 Å². The second kappa shape index (κ2) is 8.07. The van der Waals surface area contributed by atoms with Crippen molar-refractivity contribution in [3.63, 3.8) is 0 Å². The lowest BCUT2D eigenvalue weighted by Gasteiger charge is -2.33. The Morgan fingerprint density at radius 2 is 1.93 bits per heavy atom. The van der Waals surface area contributed by atoms with Crippen molar-refractivity contribution < 1.29 is 14.3 Å². The SMILES string of the molecule is COc1cc(NC2CCN(C(=O)c3cn(C)c(=O)cc3OC)CC2)ncn1. The first-order valence-electron chi connectivity index (χ1n) is 8.68. The fourth-order valence-corrected chi connectivity index (χ4v) is 3.08. The van der Waals surface area contributed by atoms with E-state index in [-0.39, 0.29) is 17.5 Å². The Bertz CT molecular complexity index is 874. The van der Waals surface area contributed by atoms with Gasteiger partial charge in [-0.25, -0.2) is 9.97 Å². The molecule has 1 aliphatic heterocycles. The molecule has 0 unspecified atom stereocenters. The van der Waals surface area contributed by atoms with Crippen molar-refractivity contribution in [1.82, 2.24) is 19.4 Å². The van der Waals surface area contributed by atoms with Crippen LogP contribution in [0, 0.1) is 0 Å². The Labute approximate surface area is 156 Å². The summed E-state index contributed by atoms with van der Waals surface area (Å²) in [6.45, 7) is 1.20. The van der Waals surface area contributed by atoms with Crippen LogP contribution in [-0.4, -0.2) is 58.7 Å². The molecule has 1 saturated heterocycles. The van der Waals surface area contributed by atoms with Crippen molar-refractivity contribution in [2.75, 3.05) is 32.6 Å². The summed E-state index contributed by atoms with van der Waals surface area (Å²) in [5.41, 5.74) is 0.179. The van der Waals surface area contributed by atoms with Gasteiger partial charge in [0.25, 0.3) is 11.5 Å². The average molecular weight is 373 g/mol. The van der Waals surface area contributed by atoms with E-state index < -0.39 is 0 Å². The lowest BCUT2D eigenvalue weighted by atomic mass is 10.0. The number of carbonyl (C=O) groups excluding carboxylic acids is 1. The number of carbonyl (C=O) groups is 1. The second-order valence-corrected chi connectivity index (χ2v) is 6.36. The number of nitrogens with zero attached hydrogens (tertiary/aromatic N) is 4. The van der Waals surface area contributed by atoms with Crippen molar-refractivity contribution in [3.8, 4) is 11.6 Å². The Kier molecular flexibility index (Phi) is 5.58. The van der Waals surface area contributed by atoms with E-state index in [2.05, 4.69) is 15.3 Å².